The first kappa shape index (κ1) is 13.5. The number of fused-ring (bicyclic) bond motifs is 1. The van der Waals surface area contributed by atoms with E-state index in [1.807, 2.05) is 25.6 Å². The number of rotatable bonds is 4. The standard InChI is InChI=1S/C15H20O2S/c1-10(2)13(15(16)17)9-11-5-6-14-12(8-11)4-3-7-18-14/h5-6,8,10,13H,3-4,7,9H2,1-2H3,(H,16,17). The monoisotopic (exact) mass is 264 g/mol. The summed E-state index contributed by atoms with van der Waals surface area (Å²) in [4.78, 5) is 12.6. The molecule has 0 saturated carbocycles. The maximum Gasteiger partial charge on any atom is 0.307 e. The van der Waals surface area contributed by atoms with E-state index < -0.39 is 5.97 Å². The van der Waals surface area contributed by atoms with Crippen molar-refractivity contribution >= 4 is 17.7 Å². The fourth-order valence-electron chi connectivity index (χ4n) is 2.40. The third-order valence-corrected chi connectivity index (χ3v) is 4.75. The molecule has 2 nitrogen and oxygen atoms in total. The molecule has 1 aliphatic rings. The summed E-state index contributed by atoms with van der Waals surface area (Å²) in [5.74, 6) is 0.417. The Bertz CT molecular complexity index is 440. The van der Waals surface area contributed by atoms with E-state index in [1.165, 1.54) is 22.6 Å². The van der Waals surface area contributed by atoms with Gasteiger partial charge in [0.05, 0.1) is 5.92 Å². The third kappa shape index (κ3) is 3.08. The van der Waals surface area contributed by atoms with Gasteiger partial charge < -0.3 is 5.11 Å². The minimum Gasteiger partial charge on any atom is -0.481 e. The van der Waals surface area contributed by atoms with Gasteiger partial charge in [0, 0.05) is 4.90 Å². The van der Waals surface area contributed by atoms with Gasteiger partial charge >= 0.3 is 5.97 Å². The van der Waals surface area contributed by atoms with Crippen molar-refractivity contribution in [3.8, 4) is 0 Å². The maximum atomic E-state index is 11.2. The lowest BCUT2D eigenvalue weighted by atomic mass is 9.88. The second-order valence-corrected chi connectivity index (χ2v) is 6.42. The van der Waals surface area contributed by atoms with E-state index in [0.717, 1.165) is 12.0 Å². The van der Waals surface area contributed by atoms with Crippen molar-refractivity contribution < 1.29 is 9.90 Å². The molecular weight excluding hydrogens is 244 g/mol. The first-order valence-corrected chi connectivity index (χ1v) is 7.54. The first-order valence-electron chi connectivity index (χ1n) is 6.55. The molecule has 1 aliphatic heterocycles. The summed E-state index contributed by atoms with van der Waals surface area (Å²) in [5.41, 5.74) is 2.56. The molecular formula is C15H20O2S. The normalized spacial score (nSPS) is 16.4. The van der Waals surface area contributed by atoms with Crippen molar-refractivity contribution in [1.29, 1.82) is 0 Å². The van der Waals surface area contributed by atoms with E-state index >= 15 is 0 Å². The molecule has 1 atom stereocenters. The number of hydrogen-bond acceptors (Lipinski definition) is 2. The average molecular weight is 264 g/mol. The van der Waals surface area contributed by atoms with Crippen LogP contribution in [0.2, 0.25) is 0 Å². The Morgan fingerprint density at radius 1 is 1.44 bits per heavy atom. The summed E-state index contributed by atoms with van der Waals surface area (Å²) in [5, 5.41) is 9.24. The van der Waals surface area contributed by atoms with Crippen molar-refractivity contribution in [2.45, 2.75) is 38.0 Å². The number of aryl methyl sites for hydroxylation is 1. The Hall–Kier alpha value is -0.960. The molecule has 3 heteroatoms. The van der Waals surface area contributed by atoms with Crippen LogP contribution in [0, 0.1) is 11.8 Å². The van der Waals surface area contributed by atoms with E-state index in [9.17, 15) is 9.90 Å². The van der Waals surface area contributed by atoms with E-state index in [-0.39, 0.29) is 11.8 Å². The molecule has 0 amide bonds. The van der Waals surface area contributed by atoms with Gasteiger partial charge in [0.2, 0.25) is 0 Å². The number of aliphatic carboxylic acids is 1. The molecule has 98 valence electrons. The summed E-state index contributed by atoms with van der Waals surface area (Å²) in [6.45, 7) is 3.96. The predicted molar refractivity (Wildman–Crippen MR) is 75.2 cm³/mol. The summed E-state index contributed by atoms with van der Waals surface area (Å²) in [7, 11) is 0. The summed E-state index contributed by atoms with van der Waals surface area (Å²) >= 11 is 1.91. The van der Waals surface area contributed by atoms with Crippen molar-refractivity contribution in [3.05, 3.63) is 29.3 Å². The van der Waals surface area contributed by atoms with Crippen LogP contribution in [0.1, 0.15) is 31.4 Å². The average Bonchev–Trinajstić information content (AvgIpc) is 2.35. The van der Waals surface area contributed by atoms with Gasteiger partial charge in [0.15, 0.2) is 0 Å². The van der Waals surface area contributed by atoms with Crippen LogP contribution < -0.4 is 0 Å². The lowest BCUT2D eigenvalue weighted by Crippen LogP contribution is -2.22. The van der Waals surface area contributed by atoms with Gasteiger partial charge in [-0.05, 0) is 48.1 Å². The van der Waals surface area contributed by atoms with Crippen molar-refractivity contribution in [1.82, 2.24) is 0 Å². The van der Waals surface area contributed by atoms with Crippen LogP contribution >= 0.6 is 11.8 Å². The van der Waals surface area contributed by atoms with Crippen molar-refractivity contribution in [2.24, 2.45) is 11.8 Å². The molecule has 0 spiro atoms. The zero-order chi connectivity index (χ0) is 13.1. The Balaban J connectivity index is 2.16. The highest BCUT2D eigenvalue weighted by Gasteiger charge is 2.22. The number of hydrogen-bond donors (Lipinski definition) is 1. The van der Waals surface area contributed by atoms with E-state index in [0.29, 0.717) is 6.42 Å². The van der Waals surface area contributed by atoms with Crippen LogP contribution in [-0.2, 0) is 17.6 Å². The summed E-state index contributed by atoms with van der Waals surface area (Å²) in [6, 6.07) is 6.46. The van der Waals surface area contributed by atoms with E-state index in [4.69, 9.17) is 0 Å². The van der Waals surface area contributed by atoms with Gasteiger partial charge in [-0.2, -0.15) is 0 Å². The van der Waals surface area contributed by atoms with Crippen LogP contribution in [0.15, 0.2) is 23.1 Å². The Morgan fingerprint density at radius 3 is 2.89 bits per heavy atom. The number of carboxylic acids is 1. The Morgan fingerprint density at radius 2 is 2.22 bits per heavy atom. The molecule has 18 heavy (non-hydrogen) atoms. The Labute approximate surface area is 113 Å². The third-order valence-electron chi connectivity index (χ3n) is 3.55. The zero-order valence-corrected chi connectivity index (χ0v) is 11.8. The zero-order valence-electron chi connectivity index (χ0n) is 11.0. The van der Waals surface area contributed by atoms with Crippen LogP contribution in [-0.4, -0.2) is 16.8 Å². The van der Waals surface area contributed by atoms with Gasteiger partial charge in [-0.3, -0.25) is 4.79 Å². The summed E-state index contributed by atoms with van der Waals surface area (Å²) in [6.07, 6.45) is 3.01. The maximum absolute atomic E-state index is 11.2. The van der Waals surface area contributed by atoms with E-state index in [2.05, 4.69) is 18.2 Å². The molecule has 2 rings (SSSR count). The van der Waals surface area contributed by atoms with Gasteiger partial charge in [0.1, 0.15) is 0 Å². The molecule has 1 aromatic carbocycles. The highest BCUT2D eigenvalue weighted by molar-refractivity contribution is 7.99. The quantitative estimate of drug-likeness (QED) is 0.902. The molecule has 0 aliphatic carbocycles. The number of carbonyl (C=O) groups is 1. The van der Waals surface area contributed by atoms with Gasteiger partial charge in [-0.1, -0.05) is 26.0 Å². The minimum atomic E-state index is -0.683. The molecule has 1 heterocycles. The van der Waals surface area contributed by atoms with Crippen LogP contribution in [0.3, 0.4) is 0 Å². The molecule has 1 aromatic rings. The minimum absolute atomic E-state index is 0.174. The second kappa shape index (κ2) is 5.79. The van der Waals surface area contributed by atoms with Crippen LogP contribution in [0.25, 0.3) is 0 Å². The number of benzene rings is 1. The largest absolute Gasteiger partial charge is 0.481 e. The predicted octanol–water partition coefficient (Wildman–Crippen LogP) is 3.62. The topological polar surface area (TPSA) is 37.3 Å². The van der Waals surface area contributed by atoms with Gasteiger partial charge in [0.25, 0.3) is 0 Å². The molecule has 1 unspecified atom stereocenters. The van der Waals surface area contributed by atoms with Crippen molar-refractivity contribution in [2.75, 3.05) is 5.75 Å². The van der Waals surface area contributed by atoms with Gasteiger partial charge in [-0.25, -0.2) is 0 Å². The van der Waals surface area contributed by atoms with Crippen LogP contribution in [0.5, 0.6) is 0 Å². The molecule has 0 aromatic heterocycles. The Kier molecular flexibility index (Phi) is 4.33. The van der Waals surface area contributed by atoms with Gasteiger partial charge in [-0.15, -0.1) is 11.8 Å². The lowest BCUT2D eigenvalue weighted by Gasteiger charge is -2.19. The highest BCUT2D eigenvalue weighted by atomic mass is 32.2. The molecule has 0 saturated heterocycles. The molecule has 0 fully saturated rings. The van der Waals surface area contributed by atoms with Crippen LogP contribution in [0.4, 0.5) is 0 Å². The smallest absolute Gasteiger partial charge is 0.307 e. The summed E-state index contributed by atoms with van der Waals surface area (Å²) < 4.78 is 0. The highest BCUT2D eigenvalue weighted by Crippen LogP contribution is 2.31. The molecule has 0 radical (unpaired) electrons. The number of carboxylic acid groups (broad SMARTS) is 1. The number of thioether (sulfide) groups is 1. The fourth-order valence-corrected chi connectivity index (χ4v) is 3.42. The second-order valence-electron chi connectivity index (χ2n) is 5.29. The molecule has 1 N–H and O–H groups in total. The molecule has 0 bridgehead atoms. The SMILES string of the molecule is CC(C)C(Cc1ccc2c(c1)CCCS2)C(=O)O. The van der Waals surface area contributed by atoms with E-state index in [1.54, 1.807) is 0 Å². The van der Waals surface area contributed by atoms with Crippen molar-refractivity contribution in [3.63, 3.8) is 0 Å². The fraction of sp³-hybridized carbons (Fsp3) is 0.533. The lowest BCUT2D eigenvalue weighted by molar-refractivity contribution is -0.143. The first-order chi connectivity index (χ1) is 8.58.